The Hall–Kier alpha value is -0.640. The fourth-order valence-electron chi connectivity index (χ4n) is 1.12. The van der Waals surface area contributed by atoms with Gasteiger partial charge < -0.3 is 0 Å². The Labute approximate surface area is 91.4 Å². The van der Waals surface area contributed by atoms with Crippen LogP contribution in [0.1, 0.15) is 20.7 Å². The number of carbonyl (C=O) groups is 2. The molecule has 1 N–H and O–H groups in total. The Kier molecular flexibility index (Phi) is 2.67. The molecule has 1 aliphatic rings. The topological polar surface area (TPSA) is 46.2 Å². The van der Waals surface area contributed by atoms with Gasteiger partial charge in [0.15, 0.2) is 0 Å². The van der Waals surface area contributed by atoms with Crippen LogP contribution in [-0.4, -0.2) is 41.4 Å². The zero-order valence-electron chi connectivity index (χ0n) is 5.63. The van der Waals surface area contributed by atoms with Crippen molar-refractivity contribution in [1.82, 2.24) is 5.32 Å². The van der Waals surface area contributed by atoms with Crippen LogP contribution in [0.4, 0.5) is 0 Å². The summed E-state index contributed by atoms with van der Waals surface area (Å²) in [7, 11) is 0. The Bertz CT molecular complexity index is 316. The molecule has 0 aromatic heterocycles. The summed E-state index contributed by atoms with van der Waals surface area (Å²) < 4.78 is 0. The number of nitrogens with one attached hydrogen (secondary N) is 1. The molecule has 1 aromatic carbocycles. The van der Waals surface area contributed by atoms with Crippen LogP contribution < -0.4 is 5.32 Å². The molecule has 0 atom stereocenters. The average molecular weight is 171 g/mol. The second kappa shape index (κ2) is 3.39. The molecule has 0 bridgehead atoms. The van der Waals surface area contributed by atoms with Crippen LogP contribution in [0.15, 0.2) is 24.3 Å². The van der Waals surface area contributed by atoms with Crippen LogP contribution in [0.3, 0.4) is 0 Å². The Morgan fingerprint density at radius 2 is 1.33 bits per heavy atom. The fourth-order valence-corrected chi connectivity index (χ4v) is 1.12. The molecule has 0 unspecified atom stereocenters. The number of hydrogen-bond donors (Lipinski definition) is 1. The Balaban J connectivity index is 0.000000720. The van der Waals surface area contributed by atoms with E-state index < -0.39 is 0 Å². The van der Waals surface area contributed by atoms with E-state index in [0.717, 1.165) is 0 Å². The molecule has 1 aliphatic heterocycles. The number of imide groups is 1. The number of amides is 2. The molecule has 3 nitrogen and oxygen atoms in total. The fraction of sp³-hybridized carbons (Fsp3) is 0. The van der Waals surface area contributed by atoms with Gasteiger partial charge in [0.1, 0.15) is 0 Å². The summed E-state index contributed by atoms with van der Waals surface area (Å²) in [5.41, 5.74) is 0.940. The molecule has 0 fully saturated rings. The zero-order chi connectivity index (χ0) is 7.84. The number of benzene rings is 1. The quantitative estimate of drug-likeness (QED) is 0.438. The van der Waals surface area contributed by atoms with Gasteiger partial charge in [-0.2, -0.15) is 0 Å². The third-order valence-electron chi connectivity index (χ3n) is 1.64. The van der Waals surface area contributed by atoms with E-state index in [0.29, 0.717) is 11.1 Å². The molecular weight excluding hydrogens is 165 g/mol. The number of rotatable bonds is 0. The van der Waals surface area contributed by atoms with Crippen molar-refractivity contribution in [2.24, 2.45) is 0 Å². The van der Waals surface area contributed by atoms with Crippen molar-refractivity contribution < 1.29 is 9.59 Å². The summed E-state index contributed by atoms with van der Waals surface area (Å²) >= 11 is 0. The first-order valence-electron chi connectivity index (χ1n) is 3.24. The van der Waals surface area contributed by atoms with Gasteiger partial charge in [0, 0.05) is 0 Å². The summed E-state index contributed by atoms with van der Waals surface area (Å²) in [6, 6.07) is 6.74. The number of carbonyl (C=O) groups excluding carboxylic acids is 2. The first kappa shape index (κ1) is 9.45. The number of hydrogen-bond acceptors (Lipinski definition) is 2. The zero-order valence-corrected chi connectivity index (χ0v) is 5.63. The summed E-state index contributed by atoms with van der Waals surface area (Å²) in [6.45, 7) is 0. The van der Waals surface area contributed by atoms with Crippen molar-refractivity contribution >= 4 is 41.4 Å². The maximum absolute atomic E-state index is 10.9. The average Bonchev–Trinajstić information content (AvgIpc) is 2.30. The van der Waals surface area contributed by atoms with Gasteiger partial charge in [-0.15, -0.1) is 0 Å². The molecule has 56 valence electrons. The SMILES string of the molecule is O=C1NC(=O)c2ccccc21.[NaH]. The van der Waals surface area contributed by atoms with Crippen molar-refractivity contribution in [3.63, 3.8) is 0 Å². The van der Waals surface area contributed by atoms with E-state index in [1.165, 1.54) is 0 Å². The monoisotopic (exact) mass is 171 g/mol. The molecule has 2 amide bonds. The van der Waals surface area contributed by atoms with Gasteiger partial charge in [0.25, 0.3) is 11.8 Å². The molecule has 0 radical (unpaired) electrons. The van der Waals surface area contributed by atoms with Gasteiger partial charge in [-0.3, -0.25) is 14.9 Å². The molecule has 12 heavy (non-hydrogen) atoms. The van der Waals surface area contributed by atoms with E-state index in [1.54, 1.807) is 24.3 Å². The van der Waals surface area contributed by atoms with Crippen LogP contribution in [0.2, 0.25) is 0 Å². The van der Waals surface area contributed by atoms with E-state index >= 15 is 0 Å². The molecule has 0 saturated carbocycles. The standard InChI is InChI=1S/C8H5NO2.Na.H/c10-7-5-3-1-2-4-6(5)8(11)9-7;;/h1-4H,(H,9,10,11);;. The van der Waals surface area contributed by atoms with Gasteiger partial charge in [-0.05, 0) is 12.1 Å². The van der Waals surface area contributed by atoms with Gasteiger partial charge >= 0.3 is 29.6 Å². The van der Waals surface area contributed by atoms with E-state index in [2.05, 4.69) is 5.32 Å². The predicted octanol–water partition coefficient (Wildman–Crippen LogP) is -0.0783. The maximum atomic E-state index is 10.9. The molecule has 1 aromatic rings. The molecule has 0 spiro atoms. The third-order valence-corrected chi connectivity index (χ3v) is 1.64. The second-order valence-corrected chi connectivity index (χ2v) is 2.33. The van der Waals surface area contributed by atoms with Crippen molar-refractivity contribution in [3.8, 4) is 0 Å². The van der Waals surface area contributed by atoms with Crippen molar-refractivity contribution in [2.45, 2.75) is 0 Å². The van der Waals surface area contributed by atoms with Gasteiger partial charge in [0.05, 0.1) is 11.1 Å². The molecule has 1 heterocycles. The summed E-state index contributed by atoms with van der Waals surface area (Å²) in [5, 5.41) is 2.20. The van der Waals surface area contributed by atoms with E-state index in [9.17, 15) is 9.59 Å². The van der Waals surface area contributed by atoms with Crippen molar-refractivity contribution in [3.05, 3.63) is 35.4 Å². The predicted molar refractivity (Wildman–Crippen MR) is 45.4 cm³/mol. The molecule has 4 heteroatoms. The van der Waals surface area contributed by atoms with E-state index in [-0.39, 0.29) is 41.4 Å². The second-order valence-electron chi connectivity index (χ2n) is 2.33. The van der Waals surface area contributed by atoms with Crippen LogP contribution in [0.5, 0.6) is 0 Å². The summed E-state index contributed by atoms with van der Waals surface area (Å²) in [5.74, 6) is -0.601. The van der Waals surface area contributed by atoms with Crippen LogP contribution >= 0.6 is 0 Å². The molecule has 2 rings (SSSR count). The molecule has 0 saturated heterocycles. The van der Waals surface area contributed by atoms with E-state index in [4.69, 9.17) is 0 Å². The van der Waals surface area contributed by atoms with Crippen LogP contribution in [0, 0.1) is 0 Å². The third kappa shape index (κ3) is 1.31. The minimum absolute atomic E-state index is 0. The normalized spacial score (nSPS) is 13.3. The van der Waals surface area contributed by atoms with Gasteiger partial charge in [-0.1, -0.05) is 12.1 Å². The first-order chi connectivity index (χ1) is 5.29. The summed E-state index contributed by atoms with van der Waals surface area (Å²) in [6.07, 6.45) is 0. The van der Waals surface area contributed by atoms with Crippen LogP contribution in [0.25, 0.3) is 0 Å². The first-order valence-corrected chi connectivity index (χ1v) is 3.24. The Morgan fingerprint density at radius 1 is 0.917 bits per heavy atom. The molecule has 0 aliphatic carbocycles. The Morgan fingerprint density at radius 3 is 1.75 bits per heavy atom. The van der Waals surface area contributed by atoms with Crippen molar-refractivity contribution in [2.75, 3.05) is 0 Å². The van der Waals surface area contributed by atoms with Gasteiger partial charge in [0.2, 0.25) is 0 Å². The number of fused-ring (bicyclic) bond motifs is 1. The van der Waals surface area contributed by atoms with Crippen molar-refractivity contribution in [1.29, 1.82) is 0 Å². The van der Waals surface area contributed by atoms with Crippen LogP contribution in [-0.2, 0) is 0 Å². The summed E-state index contributed by atoms with van der Waals surface area (Å²) in [4.78, 5) is 21.9. The minimum atomic E-state index is -0.300. The van der Waals surface area contributed by atoms with Gasteiger partial charge in [-0.25, -0.2) is 0 Å². The molecular formula is C8H6NNaO2. The van der Waals surface area contributed by atoms with E-state index in [1.807, 2.05) is 0 Å².